The average Bonchev–Trinajstić information content (AvgIpc) is 2.76. The number of carbonyl (C=O) groups is 1. The SMILES string of the molecule is O=C(N[C@H]1CC[C@@H](Nc2cc(C(F)(F)F)nc3ccccc23)CC1)c1cccc(Cl)c1Cl. The summed E-state index contributed by atoms with van der Waals surface area (Å²) < 4.78 is 39.9. The fourth-order valence-corrected chi connectivity index (χ4v) is 4.37. The smallest absolute Gasteiger partial charge is 0.382 e. The van der Waals surface area contributed by atoms with E-state index in [9.17, 15) is 18.0 Å². The summed E-state index contributed by atoms with van der Waals surface area (Å²) >= 11 is 12.1. The maximum atomic E-state index is 13.3. The van der Waals surface area contributed by atoms with Crippen LogP contribution in [0.5, 0.6) is 0 Å². The highest BCUT2D eigenvalue weighted by molar-refractivity contribution is 6.43. The zero-order valence-electron chi connectivity index (χ0n) is 16.8. The van der Waals surface area contributed by atoms with Crippen LogP contribution in [0.2, 0.25) is 10.0 Å². The molecule has 1 aliphatic carbocycles. The number of nitrogens with one attached hydrogen (secondary N) is 2. The highest BCUT2D eigenvalue weighted by Crippen LogP contribution is 2.34. The van der Waals surface area contributed by atoms with Crippen molar-refractivity contribution in [3.05, 3.63) is 69.8 Å². The molecule has 4 nitrogen and oxygen atoms in total. The predicted octanol–water partition coefficient (Wildman–Crippen LogP) is 6.71. The fourth-order valence-electron chi connectivity index (χ4n) is 3.98. The molecular formula is C23H20Cl2F3N3O. The molecule has 0 spiro atoms. The molecule has 1 heterocycles. The van der Waals surface area contributed by atoms with Crippen molar-refractivity contribution >= 4 is 45.7 Å². The number of hydrogen-bond acceptors (Lipinski definition) is 3. The number of para-hydroxylation sites is 1. The van der Waals surface area contributed by atoms with Gasteiger partial charge in [0.15, 0.2) is 0 Å². The minimum atomic E-state index is -4.52. The summed E-state index contributed by atoms with van der Waals surface area (Å²) in [6.07, 6.45) is -1.74. The molecule has 1 saturated carbocycles. The Morgan fingerprint density at radius 1 is 0.969 bits per heavy atom. The van der Waals surface area contributed by atoms with E-state index in [1.165, 1.54) is 0 Å². The number of carbonyl (C=O) groups excluding carboxylic acids is 1. The molecule has 0 atom stereocenters. The normalized spacial score (nSPS) is 19.0. The van der Waals surface area contributed by atoms with Crippen molar-refractivity contribution in [3.63, 3.8) is 0 Å². The van der Waals surface area contributed by atoms with Crippen molar-refractivity contribution in [2.24, 2.45) is 0 Å². The van der Waals surface area contributed by atoms with Crippen LogP contribution < -0.4 is 10.6 Å². The third-order valence-electron chi connectivity index (χ3n) is 5.62. The van der Waals surface area contributed by atoms with Crippen molar-refractivity contribution in [3.8, 4) is 0 Å². The van der Waals surface area contributed by atoms with Crippen LogP contribution in [0.15, 0.2) is 48.5 Å². The average molecular weight is 482 g/mol. The third-order valence-corrected chi connectivity index (χ3v) is 6.44. The zero-order valence-corrected chi connectivity index (χ0v) is 18.4. The quantitative estimate of drug-likeness (QED) is 0.435. The van der Waals surface area contributed by atoms with Crippen LogP contribution in [-0.2, 0) is 6.18 Å². The molecule has 2 N–H and O–H groups in total. The van der Waals surface area contributed by atoms with Crippen LogP contribution >= 0.6 is 23.2 Å². The first-order valence-electron chi connectivity index (χ1n) is 10.2. The summed E-state index contributed by atoms with van der Waals surface area (Å²) in [6, 6.07) is 12.7. The molecule has 0 saturated heterocycles. The first-order chi connectivity index (χ1) is 15.2. The summed E-state index contributed by atoms with van der Waals surface area (Å²) in [4.78, 5) is 16.3. The van der Waals surface area contributed by atoms with Crippen LogP contribution in [0.25, 0.3) is 10.9 Å². The number of hydrogen-bond donors (Lipinski definition) is 2. The van der Waals surface area contributed by atoms with Gasteiger partial charge in [-0.2, -0.15) is 13.2 Å². The van der Waals surface area contributed by atoms with Crippen molar-refractivity contribution in [2.45, 2.75) is 43.9 Å². The maximum absolute atomic E-state index is 13.3. The van der Waals surface area contributed by atoms with Crippen LogP contribution in [0, 0.1) is 0 Å². The summed E-state index contributed by atoms with van der Waals surface area (Å²) in [5, 5.41) is 7.42. The number of fused-ring (bicyclic) bond motifs is 1. The number of aromatic nitrogens is 1. The van der Waals surface area contributed by atoms with Gasteiger partial charge >= 0.3 is 6.18 Å². The number of rotatable bonds is 4. The van der Waals surface area contributed by atoms with Crippen LogP contribution in [-0.4, -0.2) is 23.0 Å². The molecule has 2 aromatic carbocycles. The Labute approximate surface area is 193 Å². The zero-order chi connectivity index (χ0) is 22.9. The first kappa shape index (κ1) is 22.7. The van der Waals surface area contributed by atoms with Gasteiger partial charge in [0.2, 0.25) is 0 Å². The second-order valence-electron chi connectivity index (χ2n) is 7.84. The lowest BCUT2D eigenvalue weighted by Gasteiger charge is -2.31. The topological polar surface area (TPSA) is 54.0 Å². The molecule has 1 fully saturated rings. The Kier molecular flexibility index (Phi) is 6.49. The molecule has 1 amide bonds. The molecule has 1 aromatic heterocycles. The van der Waals surface area contributed by atoms with Crippen LogP contribution in [0.1, 0.15) is 41.7 Å². The summed E-state index contributed by atoms with van der Waals surface area (Å²) in [7, 11) is 0. The van der Waals surface area contributed by atoms with Gasteiger partial charge in [0, 0.05) is 23.2 Å². The maximum Gasteiger partial charge on any atom is 0.433 e. The number of anilines is 1. The standard InChI is InChI=1S/C23H20Cl2F3N3O/c24-17-6-3-5-16(21(17)25)22(32)30-14-10-8-13(9-11-14)29-19-12-20(23(26,27)28)31-18-7-2-1-4-15(18)19/h1-7,12-14H,8-11H2,(H,29,31)(H,30,32)/t13-,14+. The van der Waals surface area contributed by atoms with Gasteiger partial charge in [-0.3, -0.25) is 4.79 Å². The molecule has 3 aromatic rings. The fraction of sp³-hybridized carbons (Fsp3) is 0.304. The van der Waals surface area contributed by atoms with Crippen molar-refractivity contribution < 1.29 is 18.0 Å². The second kappa shape index (κ2) is 9.16. The van der Waals surface area contributed by atoms with Gasteiger partial charge in [-0.1, -0.05) is 47.5 Å². The van der Waals surface area contributed by atoms with Crippen LogP contribution in [0.4, 0.5) is 18.9 Å². The number of pyridine rings is 1. The molecule has 9 heteroatoms. The Balaban J connectivity index is 1.43. The van der Waals surface area contributed by atoms with E-state index in [2.05, 4.69) is 15.6 Å². The van der Waals surface area contributed by atoms with E-state index in [1.54, 1.807) is 42.5 Å². The summed E-state index contributed by atoms with van der Waals surface area (Å²) in [5.74, 6) is -0.288. The summed E-state index contributed by atoms with van der Waals surface area (Å²) in [5.41, 5.74) is 0.116. The van der Waals surface area contributed by atoms with Gasteiger partial charge in [-0.25, -0.2) is 4.98 Å². The Bertz CT molecular complexity index is 1150. The number of alkyl halides is 3. The molecule has 0 aliphatic heterocycles. The van der Waals surface area contributed by atoms with E-state index in [4.69, 9.17) is 23.2 Å². The van der Waals surface area contributed by atoms with Gasteiger partial charge in [-0.05, 0) is 49.9 Å². The lowest BCUT2D eigenvalue weighted by molar-refractivity contribution is -0.140. The van der Waals surface area contributed by atoms with Gasteiger partial charge in [0.25, 0.3) is 5.91 Å². The van der Waals surface area contributed by atoms with Crippen LogP contribution in [0.3, 0.4) is 0 Å². The highest BCUT2D eigenvalue weighted by atomic mass is 35.5. The molecule has 0 bridgehead atoms. The Morgan fingerprint density at radius 2 is 1.66 bits per heavy atom. The van der Waals surface area contributed by atoms with E-state index in [0.717, 1.165) is 6.07 Å². The van der Waals surface area contributed by atoms with Crippen molar-refractivity contribution in [1.29, 1.82) is 0 Å². The minimum Gasteiger partial charge on any atom is -0.382 e. The first-order valence-corrected chi connectivity index (χ1v) is 11.0. The van der Waals surface area contributed by atoms with Gasteiger partial charge in [-0.15, -0.1) is 0 Å². The highest BCUT2D eigenvalue weighted by Gasteiger charge is 2.34. The number of nitrogens with zero attached hydrogens (tertiary/aromatic N) is 1. The predicted molar refractivity (Wildman–Crippen MR) is 120 cm³/mol. The molecule has 4 rings (SSSR count). The van der Waals surface area contributed by atoms with E-state index < -0.39 is 11.9 Å². The Hall–Kier alpha value is -2.51. The summed E-state index contributed by atoms with van der Waals surface area (Å²) in [6.45, 7) is 0. The monoisotopic (exact) mass is 481 g/mol. The minimum absolute atomic E-state index is 0.00944. The van der Waals surface area contributed by atoms with E-state index in [1.807, 2.05) is 0 Å². The molecular weight excluding hydrogens is 462 g/mol. The van der Waals surface area contributed by atoms with E-state index in [0.29, 0.717) is 52.9 Å². The Morgan fingerprint density at radius 3 is 2.38 bits per heavy atom. The largest absolute Gasteiger partial charge is 0.433 e. The van der Waals surface area contributed by atoms with Crippen molar-refractivity contribution in [1.82, 2.24) is 10.3 Å². The second-order valence-corrected chi connectivity index (χ2v) is 8.62. The third kappa shape index (κ3) is 4.94. The van der Waals surface area contributed by atoms with Crippen molar-refractivity contribution in [2.75, 3.05) is 5.32 Å². The number of halogens is 5. The van der Waals surface area contributed by atoms with Gasteiger partial charge in [0.05, 0.1) is 21.1 Å². The van der Waals surface area contributed by atoms with E-state index in [-0.39, 0.29) is 23.0 Å². The van der Waals surface area contributed by atoms with Gasteiger partial charge in [0.1, 0.15) is 5.69 Å². The lowest BCUT2D eigenvalue weighted by Crippen LogP contribution is -2.40. The molecule has 32 heavy (non-hydrogen) atoms. The van der Waals surface area contributed by atoms with Gasteiger partial charge < -0.3 is 10.6 Å². The number of amides is 1. The number of benzene rings is 2. The molecule has 1 aliphatic rings. The molecule has 0 unspecified atom stereocenters. The van der Waals surface area contributed by atoms with E-state index >= 15 is 0 Å². The molecule has 0 radical (unpaired) electrons. The lowest BCUT2D eigenvalue weighted by atomic mass is 9.90. The molecule has 168 valence electrons.